The van der Waals surface area contributed by atoms with Crippen LogP contribution < -0.4 is 26.2 Å². The van der Waals surface area contributed by atoms with Crippen molar-refractivity contribution < 1.29 is 14.3 Å². The Morgan fingerprint density at radius 3 is 2.28 bits per heavy atom. The zero-order chi connectivity index (χ0) is 30.3. The number of aliphatic imine (C=N–C) groups is 1. The molecule has 1 aliphatic heterocycles. The van der Waals surface area contributed by atoms with E-state index in [2.05, 4.69) is 20.5 Å². The molecule has 2 aromatic carbocycles. The van der Waals surface area contributed by atoms with Gasteiger partial charge in [-0.1, -0.05) is 0 Å². The van der Waals surface area contributed by atoms with Crippen LogP contribution in [0.15, 0.2) is 72.0 Å². The van der Waals surface area contributed by atoms with E-state index in [0.717, 1.165) is 28.2 Å². The monoisotopic (exact) mass is 579 g/mol. The molecule has 12 heteroatoms. The van der Waals surface area contributed by atoms with Crippen LogP contribution in [0, 0.1) is 0 Å². The third-order valence-electron chi connectivity index (χ3n) is 7.00. The van der Waals surface area contributed by atoms with Crippen LogP contribution in [-0.4, -0.2) is 73.5 Å². The number of hydrogen-bond donors (Lipinski definition) is 3. The highest BCUT2D eigenvalue weighted by atomic mass is 16.5. The summed E-state index contributed by atoms with van der Waals surface area (Å²) in [5.74, 6) is 1.19. The van der Waals surface area contributed by atoms with Crippen molar-refractivity contribution in [3.8, 4) is 11.4 Å². The molecule has 1 saturated heterocycles. The molecule has 4 aromatic rings. The normalized spacial score (nSPS) is 13.7. The maximum Gasteiger partial charge on any atom is 0.323 e. The Bertz CT molecular complexity index is 1680. The molecule has 0 atom stereocenters. The highest BCUT2D eigenvalue weighted by Crippen LogP contribution is 2.29. The van der Waals surface area contributed by atoms with Crippen LogP contribution in [-0.2, 0) is 9.53 Å². The standard InChI is InChI=1S/C31H33N9O3/c1-20(41)39(3)26-10-8-25(9-11-26)36-31(42)35-24-6-4-21(5-7-24)29-37-27-16-22(23(17-32)18-33-2)19-34-28(27)30(38-29)40-12-14-43-15-13-40/h4-11,16-19H,12-15,32H2,1-3H3,(H2,35,36,42). The largest absolute Gasteiger partial charge is 0.404 e. The number of carbonyl (C=O) groups excluding carboxylic acids is 2. The lowest BCUT2D eigenvalue weighted by molar-refractivity contribution is -0.116. The van der Waals surface area contributed by atoms with Crippen molar-refractivity contribution >= 4 is 57.6 Å². The first kappa shape index (κ1) is 29.1. The molecule has 0 bridgehead atoms. The van der Waals surface area contributed by atoms with Crippen LogP contribution in [0.2, 0.25) is 0 Å². The van der Waals surface area contributed by atoms with Gasteiger partial charge >= 0.3 is 6.03 Å². The number of nitrogens with zero attached hydrogens (tertiary/aromatic N) is 6. The topological polar surface area (TPSA) is 151 Å². The van der Waals surface area contributed by atoms with Crippen molar-refractivity contribution in [1.29, 1.82) is 0 Å². The summed E-state index contributed by atoms with van der Waals surface area (Å²) in [7, 11) is 3.38. The lowest BCUT2D eigenvalue weighted by atomic mass is 10.1. The van der Waals surface area contributed by atoms with Gasteiger partial charge in [-0.3, -0.25) is 14.8 Å². The van der Waals surface area contributed by atoms with Crippen molar-refractivity contribution in [3.63, 3.8) is 0 Å². The molecule has 1 fully saturated rings. The van der Waals surface area contributed by atoms with Crippen LogP contribution in [0.25, 0.3) is 28.0 Å². The van der Waals surface area contributed by atoms with Gasteiger partial charge in [0.05, 0.1) is 18.7 Å². The Labute approximate surface area is 249 Å². The molecule has 3 amide bonds. The molecule has 0 saturated carbocycles. The van der Waals surface area contributed by atoms with Gasteiger partial charge in [-0.2, -0.15) is 0 Å². The van der Waals surface area contributed by atoms with E-state index >= 15 is 0 Å². The Hall–Kier alpha value is -5.36. The van der Waals surface area contributed by atoms with Crippen molar-refractivity contribution in [2.45, 2.75) is 6.92 Å². The van der Waals surface area contributed by atoms with Crippen molar-refractivity contribution in [1.82, 2.24) is 15.0 Å². The van der Waals surface area contributed by atoms with Crippen molar-refractivity contribution in [2.24, 2.45) is 10.7 Å². The first-order valence-electron chi connectivity index (χ1n) is 13.7. The number of hydrogen-bond acceptors (Lipinski definition) is 9. The summed E-state index contributed by atoms with van der Waals surface area (Å²) >= 11 is 0. The number of anilines is 4. The summed E-state index contributed by atoms with van der Waals surface area (Å²) in [6, 6.07) is 15.9. The van der Waals surface area contributed by atoms with Gasteiger partial charge in [0.15, 0.2) is 11.6 Å². The Morgan fingerprint density at radius 2 is 1.67 bits per heavy atom. The second-order valence-corrected chi connectivity index (χ2v) is 9.85. The molecule has 43 heavy (non-hydrogen) atoms. The molecule has 1 aliphatic rings. The maximum atomic E-state index is 12.6. The Kier molecular flexibility index (Phi) is 8.87. The second-order valence-electron chi connectivity index (χ2n) is 9.85. The van der Waals surface area contributed by atoms with Crippen molar-refractivity contribution in [3.05, 3.63) is 72.6 Å². The molecule has 2 aromatic heterocycles. The van der Waals surface area contributed by atoms with Gasteiger partial charge < -0.3 is 30.9 Å². The quantitative estimate of drug-likeness (QED) is 0.276. The predicted molar refractivity (Wildman–Crippen MR) is 171 cm³/mol. The average Bonchev–Trinajstić information content (AvgIpc) is 3.03. The number of benzene rings is 2. The molecule has 4 N–H and O–H groups in total. The molecule has 0 aliphatic carbocycles. The van der Waals surface area contributed by atoms with Gasteiger partial charge in [-0.15, -0.1) is 0 Å². The first-order valence-corrected chi connectivity index (χ1v) is 13.7. The van der Waals surface area contributed by atoms with Crippen molar-refractivity contribution in [2.75, 3.05) is 60.8 Å². The van der Waals surface area contributed by atoms with E-state index in [1.807, 2.05) is 18.2 Å². The van der Waals surface area contributed by atoms with Gasteiger partial charge in [0.1, 0.15) is 5.52 Å². The molecular formula is C31H33N9O3. The number of morpholine rings is 1. The number of amides is 3. The Balaban J connectivity index is 1.38. The second kappa shape index (κ2) is 13.1. The van der Waals surface area contributed by atoms with Crippen LogP contribution in [0.4, 0.5) is 27.7 Å². The number of nitrogens with one attached hydrogen (secondary N) is 2. The zero-order valence-corrected chi connectivity index (χ0v) is 24.2. The predicted octanol–water partition coefficient (Wildman–Crippen LogP) is 4.16. The van der Waals surface area contributed by atoms with Gasteiger partial charge in [-0.05, 0) is 54.6 Å². The zero-order valence-electron chi connectivity index (χ0n) is 24.2. The lowest BCUT2D eigenvalue weighted by Crippen LogP contribution is -2.37. The number of aromatic nitrogens is 3. The number of ether oxygens (including phenoxy) is 1. The number of rotatable bonds is 7. The van der Waals surface area contributed by atoms with Gasteiger partial charge in [0.25, 0.3) is 0 Å². The fourth-order valence-corrected chi connectivity index (χ4v) is 4.58. The molecule has 0 radical (unpaired) electrons. The molecule has 0 spiro atoms. The van der Waals surface area contributed by atoms with Crippen LogP contribution >= 0.6 is 0 Å². The highest BCUT2D eigenvalue weighted by Gasteiger charge is 2.20. The van der Waals surface area contributed by atoms with Crippen LogP contribution in [0.5, 0.6) is 0 Å². The first-order chi connectivity index (χ1) is 20.9. The molecule has 220 valence electrons. The highest BCUT2D eigenvalue weighted by molar-refractivity contribution is 6.10. The van der Waals surface area contributed by atoms with E-state index in [9.17, 15) is 9.59 Å². The molecular weight excluding hydrogens is 546 g/mol. The fourth-order valence-electron chi connectivity index (χ4n) is 4.58. The lowest BCUT2D eigenvalue weighted by Gasteiger charge is -2.28. The van der Waals surface area contributed by atoms with E-state index in [1.165, 1.54) is 18.0 Å². The minimum absolute atomic E-state index is 0.0745. The van der Waals surface area contributed by atoms with Crippen LogP contribution in [0.3, 0.4) is 0 Å². The van der Waals surface area contributed by atoms with E-state index in [-0.39, 0.29) is 5.91 Å². The van der Waals surface area contributed by atoms with Crippen LogP contribution in [0.1, 0.15) is 12.5 Å². The average molecular weight is 580 g/mol. The van der Waals surface area contributed by atoms with E-state index in [1.54, 1.807) is 62.9 Å². The van der Waals surface area contributed by atoms with E-state index < -0.39 is 6.03 Å². The SMILES string of the molecule is CN=CC(=CN)c1cnc2c(N3CCOCC3)nc(-c3ccc(NC(=O)Nc4ccc(N(C)C(C)=O)cc4)cc3)nc2c1. The number of carbonyl (C=O) groups is 2. The number of fused-ring (bicyclic) bond motifs is 1. The third-order valence-corrected chi connectivity index (χ3v) is 7.00. The van der Waals surface area contributed by atoms with Gasteiger partial charge in [-0.25, -0.2) is 14.8 Å². The maximum absolute atomic E-state index is 12.6. The molecule has 0 unspecified atom stereocenters. The third kappa shape index (κ3) is 6.76. The minimum atomic E-state index is -0.394. The number of nitrogens with two attached hydrogens (primary N) is 1. The summed E-state index contributed by atoms with van der Waals surface area (Å²) in [5.41, 5.74) is 11.4. The van der Waals surface area contributed by atoms with Gasteiger partial charge in [0.2, 0.25) is 5.91 Å². The smallest absolute Gasteiger partial charge is 0.323 e. The molecule has 5 rings (SSSR count). The molecule has 3 heterocycles. The summed E-state index contributed by atoms with van der Waals surface area (Å²) in [6.45, 7) is 4.09. The number of allylic oxidation sites excluding steroid dienone is 1. The van der Waals surface area contributed by atoms with E-state index in [4.69, 9.17) is 25.4 Å². The Morgan fingerprint density at radius 1 is 1.02 bits per heavy atom. The number of pyridine rings is 1. The summed E-state index contributed by atoms with van der Waals surface area (Å²) in [5, 5.41) is 5.64. The molecule has 12 nitrogen and oxygen atoms in total. The number of urea groups is 1. The summed E-state index contributed by atoms with van der Waals surface area (Å²) in [6.07, 6.45) is 4.92. The fraction of sp³-hybridized carbons (Fsp3) is 0.226. The van der Waals surface area contributed by atoms with E-state index in [0.29, 0.717) is 54.5 Å². The minimum Gasteiger partial charge on any atom is -0.404 e. The van der Waals surface area contributed by atoms with Gasteiger partial charge in [0, 0.05) is 86.5 Å². The summed E-state index contributed by atoms with van der Waals surface area (Å²) in [4.78, 5) is 46.4. The summed E-state index contributed by atoms with van der Waals surface area (Å²) < 4.78 is 5.55.